The fraction of sp³-hybridized carbons (Fsp3) is 0.0588. The van der Waals surface area contributed by atoms with Crippen molar-refractivity contribution in [3.63, 3.8) is 0 Å². The standard InChI is InChI=1S/C68H50N2/c1-67(2)63-45-54(68(53-22-8-4-9-23-53)61-28-16-14-26-59(61)60-27-15-17-29-62(60)68)36-42-65(63)70(55-24-10-5-11-25-55)66-43-41-58(46-64(66)67)69(56-37-32-49(33-38-56)47-18-6-3-7-19-47)57-39-34-50(35-40-57)52-31-30-48-20-12-13-21-51(48)44-52/h3-46H,1-2H3. The minimum absolute atomic E-state index is 0.403. The Balaban J connectivity index is 0.992. The Morgan fingerprint density at radius 1 is 0.314 bits per heavy atom. The fourth-order valence-electron chi connectivity index (χ4n) is 11.7. The van der Waals surface area contributed by atoms with Gasteiger partial charge in [-0.1, -0.05) is 214 Å². The van der Waals surface area contributed by atoms with Crippen molar-refractivity contribution in [1.29, 1.82) is 0 Å². The summed E-state index contributed by atoms with van der Waals surface area (Å²) >= 11 is 0. The molecule has 332 valence electrons. The van der Waals surface area contributed by atoms with E-state index in [-0.39, 0.29) is 0 Å². The molecule has 0 fully saturated rings. The molecule has 0 aromatic heterocycles. The molecular formula is C68H50N2. The zero-order valence-electron chi connectivity index (χ0n) is 39.3. The molecule has 1 heterocycles. The maximum absolute atomic E-state index is 2.54. The van der Waals surface area contributed by atoms with Crippen molar-refractivity contribution in [1.82, 2.24) is 0 Å². The molecule has 2 nitrogen and oxygen atoms in total. The molecule has 11 aromatic rings. The zero-order chi connectivity index (χ0) is 46.8. The van der Waals surface area contributed by atoms with Crippen LogP contribution in [0.2, 0.25) is 0 Å². The highest BCUT2D eigenvalue weighted by atomic mass is 15.2. The Bertz CT molecular complexity index is 3680. The number of benzene rings is 11. The third kappa shape index (κ3) is 6.55. The summed E-state index contributed by atoms with van der Waals surface area (Å²) in [6, 6.07) is 98.6. The summed E-state index contributed by atoms with van der Waals surface area (Å²) in [7, 11) is 0. The molecule has 0 bridgehead atoms. The lowest BCUT2D eigenvalue weighted by Gasteiger charge is -2.44. The summed E-state index contributed by atoms with van der Waals surface area (Å²) in [5, 5.41) is 2.49. The molecular weight excluding hydrogens is 845 g/mol. The van der Waals surface area contributed by atoms with Gasteiger partial charge in [0.1, 0.15) is 0 Å². The van der Waals surface area contributed by atoms with E-state index in [2.05, 4.69) is 291 Å². The Hall–Kier alpha value is -8.72. The van der Waals surface area contributed by atoms with Gasteiger partial charge in [0.2, 0.25) is 0 Å². The van der Waals surface area contributed by atoms with E-state index in [0.29, 0.717) is 0 Å². The van der Waals surface area contributed by atoms with E-state index in [1.54, 1.807) is 0 Å². The summed E-state index contributed by atoms with van der Waals surface area (Å²) in [4.78, 5) is 4.90. The van der Waals surface area contributed by atoms with Gasteiger partial charge in [0, 0.05) is 28.2 Å². The van der Waals surface area contributed by atoms with Gasteiger partial charge < -0.3 is 9.80 Å². The lowest BCUT2D eigenvalue weighted by molar-refractivity contribution is 0.627. The second kappa shape index (κ2) is 16.5. The van der Waals surface area contributed by atoms with Crippen LogP contribution in [0.25, 0.3) is 44.2 Å². The van der Waals surface area contributed by atoms with Gasteiger partial charge in [0.05, 0.1) is 16.8 Å². The molecule has 0 N–H and O–H groups in total. The van der Waals surface area contributed by atoms with Crippen molar-refractivity contribution in [2.45, 2.75) is 24.7 Å². The molecule has 0 amide bonds. The highest BCUT2D eigenvalue weighted by molar-refractivity contribution is 5.92. The normalized spacial score (nSPS) is 13.8. The number of nitrogens with zero attached hydrogens (tertiary/aromatic N) is 2. The summed E-state index contributed by atoms with van der Waals surface area (Å²) in [5.74, 6) is 0. The maximum Gasteiger partial charge on any atom is 0.0713 e. The minimum Gasteiger partial charge on any atom is -0.310 e. The van der Waals surface area contributed by atoms with Crippen molar-refractivity contribution < 1.29 is 0 Å². The van der Waals surface area contributed by atoms with Crippen LogP contribution in [0.15, 0.2) is 267 Å². The summed E-state index contributed by atoms with van der Waals surface area (Å²) in [6.07, 6.45) is 0. The third-order valence-electron chi connectivity index (χ3n) is 15.1. The van der Waals surface area contributed by atoms with Crippen LogP contribution in [0.3, 0.4) is 0 Å². The van der Waals surface area contributed by atoms with Crippen LogP contribution < -0.4 is 9.80 Å². The Kier molecular flexibility index (Phi) is 9.78. The SMILES string of the molecule is CC1(C)c2cc(N(c3ccc(-c4ccccc4)cc3)c3ccc(-c4ccc5ccccc5c4)cc3)ccc2N(c2ccccc2)c2ccc(C3(c4ccccc4)c4ccccc4-c4ccccc43)cc21. The van der Waals surface area contributed by atoms with Gasteiger partial charge in [-0.2, -0.15) is 0 Å². The van der Waals surface area contributed by atoms with Crippen LogP contribution in [-0.4, -0.2) is 0 Å². The predicted molar refractivity (Wildman–Crippen MR) is 294 cm³/mol. The van der Waals surface area contributed by atoms with Crippen molar-refractivity contribution in [3.05, 3.63) is 300 Å². The van der Waals surface area contributed by atoms with Crippen LogP contribution in [0, 0.1) is 0 Å². The molecule has 0 saturated carbocycles. The van der Waals surface area contributed by atoms with Gasteiger partial charge in [-0.3, -0.25) is 0 Å². The van der Waals surface area contributed by atoms with E-state index in [1.165, 1.54) is 88.9 Å². The van der Waals surface area contributed by atoms with E-state index in [9.17, 15) is 0 Å². The molecule has 0 unspecified atom stereocenters. The average molecular weight is 895 g/mol. The average Bonchev–Trinajstić information content (AvgIpc) is 3.73. The Labute approximate surface area is 411 Å². The first-order valence-corrected chi connectivity index (χ1v) is 24.4. The number of fused-ring (bicyclic) bond motifs is 6. The number of rotatable bonds is 8. The number of anilines is 6. The van der Waals surface area contributed by atoms with Gasteiger partial charge in [0.15, 0.2) is 0 Å². The molecule has 0 radical (unpaired) electrons. The fourth-order valence-corrected chi connectivity index (χ4v) is 11.7. The number of hydrogen-bond donors (Lipinski definition) is 0. The van der Waals surface area contributed by atoms with E-state index < -0.39 is 10.8 Å². The molecule has 2 aliphatic rings. The van der Waals surface area contributed by atoms with Crippen LogP contribution >= 0.6 is 0 Å². The topological polar surface area (TPSA) is 6.48 Å². The van der Waals surface area contributed by atoms with E-state index in [0.717, 1.165) is 22.7 Å². The molecule has 0 atom stereocenters. The third-order valence-corrected chi connectivity index (χ3v) is 15.1. The van der Waals surface area contributed by atoms with E-state index in [1.807, 2.05) is 0 Å². The van der Waals surface area contributed by atoms with Crippen molar-refractivity contribution in [2.75, 3.05) is 9.80 Å². The largest absolute Gasteiger partial charge is 0.310 e. The molecule has 11 aromatic carbocycles. The van der Waals surface area contributed by atoms with Crippen molar-refractivity contribution in [3.8, 4) is 33.4 Å². The minimum atomic E-state index is -0.513. The smallest absolute Gasteiger partial charge is 0.0713 e. The summed E-state index contributed by atoms with van der Waals surface area (Å²) in [6.45, 7) is 4.84. The molecule has 1 aliphatic heterocycles. The van der Waals surface area contributed by atoms with Gasteiger partial charge in [-0.05, 0) is 144 Å². The van der Waals surface area contributed by atoms with Crippen molar-refractivity contribution in [2.24, 2.45) is 0 Å². The van der Waals surface area contributed by atoms with Gasteiger partial charge in [0.25, 0.3) is 0 Å². The highest BCUT2D eigenvalue weighted by Gasteiger charge is 2.47. The van der Waals surface area contributed by atoms with Crippen molar-refractivity contribution >= 4 is 44.9 Å². The van der Waals surface area contributed by atoms with Crippen LogP contribution in [-0.2, 0) is 10.8 Å². The quantitative estimate of drug-likeness (QED) is 0.150. The number of para-hydroxylation sites is 1. The first kappa shape index (κ1) is 41.5. The Morgan fingerprint density at radius 3 is 1.43 bits per heavy atom. The molecule has 2 heteroatoms. The molecule has 0 saturated heterocycles. The predicted octanol–water partition coefficient (Wildman–Crippen LogP) is 18.1. The molecule has 0 spiro atoms. The Morgan fingerprint density at radius 2 is 0.786 bits per heavy atom. The second-order valence-corrected chi connectivity index (χ2v) is 19.3. The molecule has 1 aliphatic carbocycles. The van der Waals surface area contributed by atoms with Crippen LogP contribution in [0.1, 0.15) is 47.2 Å². The lowest BCUT2D eigenvalue weighted by Crippen LogP contribution is -2.33. The van der Waals surface area contributed by atoms with E-state index >= 15 is 0 Å². The first-order valence-electron chi connectivity index (χ1n) is 24.4. The van der Waals surface area contributed by atoms with Gasteiger partial charge in [-0.25, -0.2) is 0 Å². The first-order chi connectivity index (χ1) is 34.5. The maximum atomic E-state index is 2.54. The summed E-state index contributed by atoms with van der Waals surface area (Å²) < 4.78 is 0. The van der Waals surface area contributed by atoms with Gasteiger partial charge in [-0.15, -0.1) is 0 Å². The van der Waals surface area contributed by atoms with Crippen LogP contribution in [0.4, 0.5) is 34.1 Å². The zero-order valence-corrected chi connectivity index (χ0v) is 39.3. The lowest BCUT2D eigenvalue weighted by atomic mass is 9.65. The highest BCUT2D eigenvalue weighted by Crippen LogP contribution is 2.59. The summed E-state index contributed by atoms with van der Waals surface area (Å²) in [5.41, 5.74) is 21.0. The van der Waals surface area contributed by atoms with E-state index in [4.69, 9.17) is 0 Å². The molecule has 13 rings (SSSR count). The second-order valence-electron chi connectivity index (χ2n) is 19.3. The van der Waals surface area contributed by atoms with Gasteiger partial charge >= 0.3 is 0 Å². The molecule has 70 heavy (non-hydrogen) atoms. The monoisotopic (exact) mass is 894 g/mol. The number of hydrogen-bond acceptors (Lipinski definition) is 2. The van der Waals surface area contributed by atoms with Crippen LogP contribution in [0.5, 0.6) is 0 Å².